The first-order chi connectivity index (χ1) is 11.8. The first-order valence-corrected chi connectivity index (χ1v) is 10.3. The van der Waals surface area contributed by atoms with Gasteiger partial charge in [-0.05, 0) is 35.9 Å². The molecule has 2 aromatic carbocycles. The van der Waals surface area contributed by atoms with Gasteiger partial charge in [0.25, 0.3) is 5.91 Å². The van der Waals surface area contributed by atoms with Crippen molar-refractivity contribution in [3.8, 4) is 0 Å². The van der Waals surface area contributed by atoms with E-state index in [9.17, 15) is 4.79 Å². The summed E-state index contributed by atoms with van der Waals surface area (Å²) in [5.74, 6) is 2.36. The second-order valence-corrected chi connectivity index (χ2v) is 8.31. The summed E-state index contributed by atoms with van der Waals surface area (Å²) in [5, 5.41) is 6.34. The van der Waals surface area contributed by atoms with Gasteiger partial charge in [0.15, 0.2) is 0 Å². The number of amides is 1. The number of carbonyl (C=O) groups is 1. The summed E-state index contributed by atoms with van der Waals surface area (Å²) in [6.07, 6.45) is 0. The normalized spacial score (nSPS) is 14.1. The summed E-state index contributed by atoms with van der Waals surface area (Å²) in [6.45, 7) is 3.73. The minimum Gasteiger partial charge on any atom is -0.322 e. The fraction of sp³-hybridized carbons (Fsp3) is 0.316. The van der Waals surface area contributed by atoms with Crippen LogP contribution in [0.15, 0.2) is 48.5 Å². The Hall–Kier alpha value is -1.14. The van der Waals surface area contributed by atoms with Gasteiger partial charge in [-0.1, -0.05) is 37.3 Å². The molecular weight excluding hydrogens is 372 g/mol. The number of benzene rings is 2. The lowest BCUT2D eigenvalue weighted by atomic mass is 10.1. The number of halogens is 1. The quantitative estimate of drug-likeness (QED) is 0.727. The molecule has 0 aromatic heterocycles. The van der Waals surface area contributed by atoms with E-state index in [0.717, 1.165) is 24.3 Å². The van der Waals surface area contributed by atoms with Crippen molar-refractivity contribution >= 4 is 47.5 Å². The van der Waals surface area contributed by atoms with E-state index < -0.39 is 0 Å². The molecule has 0 aliphatic carbocycles. The number of hydrogen-bond donors (Lipinski definition) is 2. The molecule has 3 nitrogen and oxygen atoms in total. The molecule has 2 aromatic rings. The molecule has 3 rings (SSSR count). The third-order valence-electron chi connectivity index (χ3n) is 3.90. The number of carbonyl (C=O) groups excluding carboxylic acids is 1. The molecule has 0 radical (unpaired) electrons. The Labute approximate surface area is 164 Å². The molecule has 0 unspecified atom stereocenters. The van der Waals surface area contributed by atoms with Gasteiger partial charge in [-0.25, -0.2) is 0 Å². The molecule has 0 saturated carbocycles. The van der Waals surface area contributed by atoms with E-state index in [-0.39, 0.29) is 18.3 Å². The van der Waals surface area contributed by atoms with Crippen molar-refractivity contribution in [2.75, 3.05) is 23.4 Å². The highest BCUT2D eigenvalue weighted by Crippen LogP contribution is 2.45. The molecule has 1 heterocycles. The maximum absolute atomic E-state index is 12.5. The van der Waals surface area contributed by atoms with Crippen LogP contribution in [0.25, 0.3) is 0 Å². The van der Waals surface area contributed by atoms with Gasteiger partial charge in [0.1, 0.15) is 0 Å². The molecule has 1 saturated heterocycles. The lowest BCUT2D eigenvalue weighted by Gasteiger charge is -2.12. The van der Waals surface area contributed by atoms with Crippen LogP contribution in [0.5, 0.6) is 0 Å². The van der Waals surface area contributed by atoms with Gasteiger partial charge in [0.05, 0.1) is 4.58 Å². The monoisotopic (exact) mass is 394 g/mol. The molecular formula is C19H23ClN2OS2. The second kappa shape index (κ2) is 10.1. The summed E-state index contributed by atoms with van der Waals surface area (Å²) in [4.78, 5) is 12.5. The standard InChI is InChI=1S/C19H22N2OS2.ClH/c1-2-20-13-16-5-3-4-6-17(16)21-18(22)14-7-9-15(10-8-14)19-23-11-12-24-19;/h3-10,19-20H,2,11-13H2,1H3,(H,21,22);1H. The zero-order chi connectivity index (χ0) is 16.8. The van der Waals surface area contributed by atoms with E-state index in [4.69, 9.17) is 0 Å². The number of thioether (sulfide) groups is 2. The first-order valence-electron chi connectivity index (χ1n) is 8.21. The Morgan fingerprint density at radius 2 is 1.76 bits per heavy atom. The lowest BCUT2D eigenvalue weighted by Crippen LogP contribution is -2.17. The molecule has 2 N–H and O–H groups in total. The lowest BCUT2D eigenvalue weighted by molar-refractivity contribution is 0.102. The van der Waals surface area contributed by atoms with E-state index in [2.05, 4.69) is 29.7 Å². The van der Waals surface area contributed by atoms with Crippen molar-refractivity contribution in [1.29, 1.82) is 0 Å². The molecule has 0 atom stereocenters. The van der Waals surface area contributed by atoms with Crippen LogP contribution in [0, 0.1) is 0 Å². The average Bonchev–Trinajstić information content (AvgIpc) is 3.16. The van der Waals surface area contributed by atoms with E-state index in [1.165, 1.54) is 17.1 Å². The number of hydrogen-bond acceptors (Lipinski definition) is 4. The fourth-order valence-electron chi connectivity index (χ4n) is 2.59. The van der Waals surface area contributed by atoms with Crippen molar-refractivity contribution in [3.63, 3.8) is 0 Å². The van der Waals surface area contributed by atoms with Crippen LogP contribution >= 0.6 is 35.9 Å². The SMILES string of the molecule is CCNCc1ccccc1NC(=O)c1ccc(C2SCCS2)cc1.Cl. The summed E-state index contributed by atoms with van der Waals surface area (Å²) in [6, 6.07) is 15.9. The van der Waals surface area contributed by atoms with Crippen LogP contribution in [0.4, 0.5) is 5.69 Å². The van der Waals surface area contributed by atoms with Crippen LogP contribution in [0.2, 0.25) is 0 Å². The van der Waals surface area contributed by atoms with Crippen molar-refractivity contribution in [1.82, 2.24) is 5.32 Å². The number of para-hydroxylation sites is 1. The summed E-state index contributed by atoms with van der Waals surface area (Å²) in [5.41, 5.74) is 3.97. The van der Waals surface area contributed by atoms with Gasteiger partial charge in [0, 0.05) is 29.3 Å². The zero-order valence-electron chi connectivity index (χ0n) is 14.2. The predicted molar refractivity (Wildman–Crippen MR) is 113 cm³/mol. The molecule has 0 bridgehead atoms. The Bertz CT molecular complexity index is 688. The Morgan fingerprint density at radius 1 is 1.08 bits per heavy atom. The number of anilines is 1. The maximum Gasteiger partial charge on any atom is 0.255 e. The van der Waals surface area contributed by atoms with Gasteiger partial charge in [0.2, 0.25) is 0 Å². The van der Waals surface area contributed by atoms with E-state index in [1.807, 2.05) is 59.9 Å². The Kier molecular flexibility index (Phi) is 8.16. The maximum atomic E-state index is 12.5. The first kappa shape index (κ1) is 20.2. The minimum absolute atomic E-state index is 0. The minimum atomic E-state index is -0.0581. The number of rotatable bonds is 6. The molecule has 1 amide bonds. The zero-order valence-corrected chi connectivity index (χ0v) is 16.6. The molecule has 1 aliphatic rings. The van der Waals surface area contributed by atoms with Gasteiger partial charge < -0.3 is 10.6 Å². The largest absolute Gasteiger partial charge is 0.322 e. The highest BCUT2D eigenvalue weighted by atomic mass is 35.5. The van der Waals surface area contributed by atoms with Crippen molar-refractivity contribution in [3.05, 3.63) is 65.2 Å². The Balaban J connectivity index is 0.00000225. The van der Waals surface area contributed by atoms with Crippen LogP contribution in [0.3, 0.4) is 0 Å². The molecule has 6 heteroatoms. The topological polar surface area (TPSA) is 41.1 Å². The van der Waals surface area contributed by atoms with Crippen molar-refractivity contribution in [2.24, 2.45) is 0 Å². The smallest absolute Gasteiger partial charge is 0.255 e. The molecule has 1 fully saturated rings. The van der Waals surface area contributed by atoms with Gasteiger partial charge in [-0.2, -0.15) is 0 Å². The van der Waals surface area contributed by atoms with Crippen molar-refractivity contribution < 1.29 is 4.79 Å². The van der Waals surface area contributed by atoms with Crippen molar-refractivity contribution in [2.45, 2.75) is 18.1 Å². The molecule has 1 aliphatic heterocycles. The van der Waals surface area contributed by atoms with E-state index >= 15 is 0 Å². The van der Waals surface area contributed by atoms with E-state index in [1.54, 1.807) is 0 Å². The molecule has 134 valence electrons. The van der Waals surface area contributed by atoms with E-state index in [0.29, 0.717) is 10.1 Å². The predicted octanol–water partition coefficient (Wildman–Crippen LogP) is 4.95. The Morgan fingerprint density at radius 3 is 2.44 bits per heavy atom. The highest BCUT2D eigenvalue weighted by Gasteiger charge is 2.18. The average molecular weight is 395 g/mol. The second-order valence-electron chi connectivity index (χ2n) is 5.59. The summed E-state index contributed by atoms with van der Waals surface area (Å²) in [7, 11) is 0. The third-order valence-corrected chi connectivity index (χ3v) is 7.00. The van der Waals surface area contributed by atoms with Crippen LogP contribution in [-0.2, 0) is 6.54 Å². The summed E-state index contributed by atoms with van der Waals surface area (Å²) < 4.78 is 0.517. The van der Waals surface area contributed by atoms with Gasteiger partial charge in [-0.3, -0.25) is 4.79 Å². The van der Waals surface area contributed by atoms with Gasteiger partial charge >= 0.3 is 0 Å². The third kappa shape index (κ3) is 5.42. The molecule has 25 heavy (non-hydrogen) atoms. The highest BCUT2D eigenvalue weighted by molar-refractivity contribution is 8.19. The van der Waals surface area contributed by atoms with Crippen LogP contribution < -0.4 is 10.6 Å². The fourth-order valence-corrected chi connectivity index (χ4v) is 5.45. The summed E-state index contributed by atoms with van der Waals surface area (Å²) >= 11 is 3.95. The van der Waals surface area contributed by atoms with Gasteiger partial charge in [-0.15, -0.1) is 35.9 Å². The van der Waals surface area contributed by atoms with Crippen LogP contribution in [-0.4, -0.2) is 24.0 Å². The number of nitrogens with one attached hydrogen (secondary N) is 2. The molecule has 0 spiro atoms. The van der Waals surface area contributed by atoms with Crippen LogP contribution in [0.1, 0.15) is 33.0 Å².